The molecule has 0 aromatic heterocycles. The number of nitrogens with zero attached hydrogens (tertiary/aromatic N) is 2. The van der Waals surface area contributed by atoms with Gasteiger partial charge in [0.2, 0.25) is 0 Å². The van der Waals surface area contributed by atoms with E-state index < -0.39 is 0 Å². The Morgan fingerprint density at radius 3 is 2.54 bits per heavy atom. The molecule has 3 nitrogen and oxygen atoms in total. The lowest BCUT2D eigenvalue weighted by Crippen LogP contribution is -2.49. The summed E-state index contributed by atoms with van der Waals surface area (Å²) in [6.07, 6.45) is 0. The second-order valence-corrected chi connectivity index (χ2v) is 6.95. The van der Waals surface area contributed by atoms with Crippen LogP contribution in [0.3, 0.4) is 0 Å². The normalized spacial score (nSPS) is 15.3. The topological polar surface area (TPSA) is 18.5 Å². The molecule has 0 bridgehead atoms. The van der Waals surface area contributed by atoms with E-state index in [1.807, 2.05) is 24.3 Å². The number of rotatable bonds is 3. The lowest BCUT2D eigenvalue weighted by Gasteiger charge is -2.36. The van der Waals surface area contributed by atoms with Crippen LogP contribution in [0.4, 0.5) is 5.69 Å². The summed E-state index contributed by atoms with van der Waals surface area (Å²) >= 11 is 11.6. The molecular formula is C19H22ClN3S. The monoisotopic (exact) mass is 359 g/mol. The van der Waals surface area contributed by atoms with Gasteiger partial charge >= 0.3 is 0 Å². The minimum absolute atomic E-state index is 0.714. The molecule has 2 aromatic rings. The van der Waals surface area contributed by atoms with Crippen molar-refractivity contribution in [1.82, 2.24) is 9.80 Å². The van der Waals surface area contributed by atoms with E-state index in [4.69, 9.17) is 23.8 Å². The summed E-state index contributed by atoms with van der Waals surface area (Å²) in [7, 11) is 0. The summed E-state index contributed by atoms with van der Waals surface area (Å²) in [5.74, 6) is 0. The number of aryl methyl sites for hydroxylation is 1. The Balaban J connectivity index is 1.51. The molecule has 0 amide bonds. The SMILES string of the molecule is Cc1ccccc1CN1CCN(C(=S)Nc2cccc(Cl)c2)CC1. The second-order valence-electron chi connectivity index (χ2n) is 6.13. The third-order valence-electron chi connectivity index (χ3n) is 4.39. The molecule has 126 valence electrons. The second kappa shape index (κ2) is 7.97. The summed E-state index contributed by atoms with van der Waals surface area (Å²) in [4.78, 5) is 4.71. The fraction of sp³-hybridized carbons (Fsp3) is 0.316. The van der Waals surface area contributed by atoms with Crippen LogP contribution in [0, 0.1) is 6.92 Å². The molecule has 1 saturated heterocycles. The van der Waals surface area contributed by atoms with Crippen LogP contribution >= 0.6 is 23.8 Å². The zero-order valence-corrected chi connectivity index (χ0v) is 15.4. The van der Waals surface area contributed by atoms with Gasteiger partial charge in [-0.3, -0.25) is 4.90 Å². The number of piperazine rings is 1. The molecule has 1 aliphatic heterocycles. The molecule has 5 heteroatoms. The number of anilines is 1. The van der Waals surface area contributed by atoms with Gasteiger partial charge in [0.15, 0.2) is 5.11 Å². The number of nitrogens with one attached hydrogen (secondary N) is 1. The van der Waals surface area contributed by atoms with E-state index in [2.05, 4.69) is 46.3 Å². The van der Waals surface area contributed by atoms with Crippen LogP contribution in [0.5, 0.6) is 0 Å². The average Bonchev–Trinajstić information content (AvgIpc) is 2.57. The Kier molecular flexibility index (Phi) is 5.72. The standard InChI is InChI=1S/C19H22ClN3S/c1-15-5-2-3-6-16(15)14-22-9-11-23(12-10-22)19(24)21-18-8-4-7-17(20)13-18/h2-8,13H,9-12,14H2,1H3,(H,21,24). The van der Waals surface area contributed by atoms with Crippen LogP contribution in [-0.4, -0.2) is 41.1 Å². The quantitative estimate of drug-likeness (QED) is 0.829. The van der Waals surface area contributed by atoms with Crippen molar-refractivity contribution >= 4 is 34.6 Å². The Labute approximate surface area is 154 Å². The summed E-state index contributed by atoms with van der Waals surface area (Å²) in [6.45, 7) is 7.11. The van der Waals surface area contributed by atoms with Crippen LogP contribution in [0.15, 0.2) is 48.5 Å². The molecule has 24 heavy (non-hydrogen) atoms. The third kappa shape index (κ3) is 4.47. The van der Waals surface area contributed by atoms with Gasteiger partial charge in [0.1, 0.15) is 0 Å². The van der Waals surface area contributed by atoms with Gasteiger partial charge in [0, 0.05) is 43.4 Å². The molecule has 1 fully saturated rings. The predicted molar refractivity (Wildman–Crippen MR) is 106 cm³/mol. The minimum atomic E-state index is 0.714. The van der Waals surface area contributed by atoms with Gasteiger partial charge in [-0.15, -0.1) is 0 Å². The van der Waals surface area contributed by atoms with Crippen molar-refractivity contribution in [2.75, 3.05) is 31.5 Å². The first-order chi connectivity index (χ1) is 11.6. The molecule has 0 aliphatic carbocycles. The van der Waals surface area contributed by atoms with Gasteiger partial charge in [-0.2, -0.15) is 0 Å². The number of halogens is 1. The van der Waals surface area contributed by atoms with Gasteiger partial charge < -0.3 is 10.2 Å². The highest BCUT2D eigenvalue weighted by molar-refractivity contribution is 7.80. The molecule has 0 unspecified atom stereocenters. The van der Waals surface area contributed by atoms with Crippen LogP contribution in [0.1, 0.15) is 11.1 Å². The van der Waals surface area contributed by atoms with E-state index in [1.54, 1.807) is 0 Å². The van der Waals surface area contributed by atoms with Gasteiger partial charge in [-0.25, -0.2) is 0 Å². The van der Waals surface area contributed by atoms with Gasteiger partial charge in [-0.1, -0.05) is 41.9 Å². The lowest BCUT2D eigenvalue weighted by molar-refractivity contribution is 0.176. The third-order valence-corrected chi connectivity index (χ3v) is 4.99. The van der Waals surface area contributed by atoms with Gasteiger partial charge in [0.05, 0.1) is 0 Å². The molecule has 0 spiro atoms. The Hall–Kier alpha value is -1.62. The Morgan fingerprint density at radius 2 is 1.83 bits per heavy atom. The average molecular weight is 360 g/mol. The zero-order valence-electron chi connectivity index (χ0n) is 13.8. The van der Waals surface area contributed by atoms with E-state index in [1.165, 1.54) is 11.1 Å². The summed E-state index contributed by atoms with van der Waals surface area (Å²) in [5.41, 5.74) is 3.71. The van der Waals surface area contributed by atoms with E-state index in [9.17, 15) is 0 Å². The van der Waals surface area contributed by atoms with Crippen molar-refractivity contribution in [2.45, 2.75) is 13.5 Å². The number of hydrogen-bond acceptors (Lipinski definition) is 2. The number of hydrogen-bond donors (Lipinski definition) is 1. The highest BCUT2D eigenvalue weighted by Crippen LogP contribution is 2.17. The van der Waals surface area contributed by atoms with Gasteiger partial charge in [0.25, 0.3) is 0 Å². The fourth-order valence-electron chi connectivity index (χ4n) is 2.91. The first-order valence-electron chi connectivity index (χ1n) is 8.20. The zero-order chi connectivity index (χ0) is 16.9. The van der Waals surface area contributed by atoms with Crippen molar-refractivity contribution in [3.05, 3.63) is 64.7 Å². The molecule has 3 rings (SSSR count). The van der Waals surface area contributed by atoms with Crippen LogP contribution < -0.4 is 5.32 Å². The molecular weight excluding hydrogens is 338 g/mol. The Bertz CT molecular complexity index is 711. The van der Waals surface area contributed by atoms with E-state index in [-0.39, 0.29) is 0 Å². The van der Waals surface area contributed by atoms with Crippen LogP contribution in [0.25, 0.3) is 0 Å². The molecule has 0 saturated carbocycles. The highest BCUT2D eigenvalue weighted by Gasteiger charge is 2.19. The maximum absolute atomic E-state index is 6.02. The number of benzene rings is 2. The first-order valence-corrected chi connectivity index (χ1v) is 8.99. The molecule has 2 aromatic carbocycles. The van der Waals surface area contributed by atoms with E-state index in [0.29, 0.717) is 5.02 Å². The van der Waals surface area contributed by atoms with Crippen molar-refractivity contribution in [3.63, 3.8) is 0 Å². The van der Waals surface area contributed by atoms with Crippen LogP contribution in [-0.2, 0) is 6.54 Å². The van der Waals surface area contributed by atoms with E-state index in [0.717, 1.165) is 43.5 Å². The van der Waals surface area contributed by atoms with Crippen molar-refractivity contribution in [3.8, 4) is 0 Å². The van der Waals surface area contributed by atoms with Crippen molar-refractivity contribution in [2.24, 2.45) is 0 Å². The molecule has 0 radical (unpaired) electrons. The maximum atomic E-state index is 6.02. The van der Waals surface area contributed by atoms with Crippen LogP contribution in [0.2, 0.25) is 5.02 Å². The highest BCUT2D eigenvalue weighted by atomic mass is 35.5. The first kappa shape index (κ1) is 17.2. The smallest absolute Gasteiger partial charge is 0.173 e. The molecule has 1 N–H and O–H groups in total. The van der Waals surface area contributed by atoms with Crippen molar-refractivity contribution < 1.29 is 0 Å². The molecule has 0 atom stereocenters. The largest absolute Gasteiger partial charge is 0.346 e. The molecule has 1 heterocycles. The summed E-state index contributed by atoms with van der Waals surface area (Å²) in [6, 6.07) is 16.3. The Morgan fingerprint density at radius 1 is 1.08 bits per heavy atom. The fourth-order valence-corrected chi connectivity index (χ4v) is 3.40. The predicted octanol–water partition coefficient (Wildman–Crippen LogP) is 4.16. The van der Waals surface area contributed by atoms with Crippen molar-refractivity contribution in [1.29, 1.82) is 0 Å². The van der Waals surface area contributed by atoms with Gasteiger partial charge in [-0.05, 0) is 48.5 Å². The lowest BCUT2D eigenvalue weighted by atomic mass is 10.1. The summed E-state index contributed by atoms with van der Waals surface area (Å²) < 4.78 is 0. The van der Waals surface area contributed by atoms with E-state index >= 15 is 0 Å². The number of thiocarbonyl (C=S) groups is 1. The summed E-state index contributed by atoms with van der Waals surface area (Å²) in [5, 5.41) is 4.77. The molecule has 1 aliphatic rings. The maximum Gasteiger partial charge on any atom is 0.173 e. The minimum Gasteiger partial charge on any atom is -0.346 e.